The summed E-state index contributed by atoms with van der Waals surface area (Å²) >= 11 is 0. The summed E-state index contributed by atoms with van der Waals surface area (Å²) in [7, 11) is -1.81. The van der Waals surface area contributed by atoms with Crippen molar-refractivity contribution in [2.75, 3.05) is 0 Å². The molecule has 0 aromatic rings. The van der Waals surface area contributed by atoms with Crippen molar-refractivity contribution in [3.63, 3.8) is 0 Å². The van der Waals surface area contributed by atoms with Crippen LogP contribution in [0.2, 0.25) is 58.9 Å². The molecule has 0 spiro atoms. The standard InChI is InChI=1S/C12H27O2P2Si3/c1-17(2,3)12-10(13-18(4,5)6)11(15-16-12)14-19(7,8)9/h1-9H3. The summed E-state index contributed by atoms with van der Waals surface area (Å²) in [5.41, 5.74) is 0. The smallest absolute Gasteiger partial charge is 0.185 e. The largest absolute Gasteiger partial charge is 0.405 e. The highest BCUT2D eigenvalue weighted by Gasteiger charge is 2.50. The van der Waals surface area contributed by atoms with Gasteiger partial charge in [-0.1, -0.05) is 19.6 Å². The molecule has 0 N–H and O–H groups in total. The van der Waals surface area contributed by atoms with Crippen molar-refractivity contribution in [2.45, 2.75) is 58.9 Å². The molecule has 19 heavy (non-hydrogen) atoms. The summed E-state index contributed by atoms with van der Waals surface area (Å²) in [6, 6.07) is 0. The lowest BCUT2D eigenvalue weighted by molar-refractivity contribution is 0.266. The van der Waals surface area contributed by atoms with Gasteiger partial charge in [-0.3, -0.25) is 0 Å². The van der Waals surface area contributed by atoms with Gasteiger partial charge in [0.25, 0.3) is 0 Å². The molecule has 0 aromatic carbocycles. The van der Waals surface area contributed by atoms with Crippen LogP contribution in [-0.4, -0.2) is 24.7 Å². The van der Waals surface area contributed by atoms with Crippen molar-refractivity contribution < 1.29 is 8.85 Å². The Hall–Kier alpha value is 1.43. The van der Waals surface area contributed by atoms with Crippen molar-refractivity contribution in [3.8, 4) is 0 Å². The second-order valence-electron chi connectivity index (χ2n) is 7.86. The second kappa shape index (κ2) is 6.28. The number of hydrogen-bond donors (Lipinski definition) is 0. The minimum Gasteiger partial charge on any atom is -0.405 e. The Morgan fingerprint density at radius 2 is 1.16 bits per heavy atom. The Morgan fingerprint density at radius 1 is 0.684 bits per heavy atom. The zero-order valence-corrected chi connectivity index (χ0v) is 18.5. The third kappa shape index (κ3) is 6.38. The minimum absolute atomic E-state index is 1.11. The molecule has 0 aromatic heterocycles. The molecule has 1 aliphatic heterocycles. The molecule has 7 heteroatoms. The Morgan fingerprint density at radius 3 is 1.53 bits per heavy atom. The predicted octanol–water partition coefficient (Wildman–Crippen LogP) is 5.94. The van der Waals surface area contributed by atoms with Gasteiger partial charge in [0.15, 0.2) is 22.5 Å². The fourth-order valence-corrected chi connectivity index (χ4v) is 11.8. The third-order valence-electron chi connectivity index (χ3n) is 2.17. The quantitative estimate of drug-likeness (QED) is 0.451. The molecule has 1 saturated heterocycles. The molecule has 0 aliphatic carbocycles. The average Bonchev–Trinajstić information content (AvgIpc) is 2.41. The van der Waals surface area contributed by atoms with Crippen molar-refractivity contribution in [2.24, 2.45) is 0 Å². The van der Waals surface area contributed by atoms with Crippen LogP contribution in [0.4, 0.5) is 0 Å². The number of hydrogen-bond acceptors (Lipinski definition) is 2. The maximum Gasteiger partial charge on any atom is 0.185 e. The molecule has 109 valence electrons. The van der Waals surface area contributed by atoms with Gasteiger partial charge in [-0.15, -0.1) is 0 Å². The van der Waals surface area contributed by atoms with Gasteiger partial charge in [0, 0.05) is 5.28 Å². The van der Waals surface area contributed by atoms with Crippen LogP contribution in [0, 0.1) is 17.2 Å². The number of rotatable bonds is 5. The van der Waals surface area contributed by atoms with Gasteiger partial charge in [0.2, 0.25) is 0 Å². The van der Waals surface area contributed by atoms with Gasteiger partial charge in [0.1, 0.15) is 6.10 Å². The third-order valence-corrected chi connectivity index (χ3v) is 11.0. The topological polar surface area (TPSA) is 18.5 Å². The fourth-order valence-electron chi connectivity index (χ4n) is 1.53. The molecule has 0 saturated carbocycles. The van der Waals surface area contributed by atoms with E-state index < -0.39 is 24.7 Å². The van der Waals surface area contributed by atoms with E-state index in [-0.39, 0.29) is 0 Å². The molecular formula is C12H27O2P2Si3. The lowest BCUT2D eigenvalue weighted by atomic mass is 10.4. The van der Waals surface area contributed by atoms with E-state index in [0.717, 1.165) is 11.9 Å². The van der Waals surface area contributed by atoms with Crippen LogP contribution in [0.25, 0.3) is 0 Å². The highest BCUT2D eigenvalue weighted by atomic mass is 32.0. The maximum absolute atomic E-state index is 6.40. The summed E-state index contributed by atoms with van der Waals surface area (Å²) in [6.45, 7) is 20.7. The Bertz CT molecular complexity index is 308. The van der Waals surface area contributed by atoms with Crippen molar-refractivity contribution in [1.29, 1.82) is 0 Å². The van der Waals surface area contributed by atoms with E-state index in [9.17, 15) is 0 Å². The first-order valence-corrected chi connectivity index (χ1v) is 19.5. The SMILES string of the molecule is C[Si](C)(C)O[C]1[P][P][C]([Si](C)(C)C)[C]1O[Si](C)(C)C. The normalized spacial score (nSPS) is 23.8. The van der Waals surface area contributed by atoms with E-state index in [1.165, 1.54) is 21.8 Å². The van der Waals surface area contributed by atoms with Crippen molar-refractivity contribution >= 4 is 41.2 Å². The van der Waals surface area contributed by atoms with E-state index in [1.807, 2.05) is 0 Å². The summed E-state index contributed by atoms with van der Waals surface area (Å²) < 4.78 is 12.7. The second-order valence-corrected chi connectivity index (χ2v) is 24.6. The van der Waals surface area contributed by atoms with Crippen LogP contribution in [0.3, 0.4) is 0 Å². The summed E-state index contributed by atoms with van der Waals surface area (Å²) in [5, 5.41) is 1.53. The van der Waals surface area contributed by atoms with Gasteiger partial charge in [-0.05, 0) is 55.8 Å². The first-order chi connectivity index (χ1) is 8.30. The highest BCUT2D eigenvalue weighted by Crippen LogP contribution is 2.70. The summed E-state index contributed by atoms with van der Waals surface area (Å²) in [5.74, 6) is 1.11. The molecule has 2 nitrogen and oxygen atoms in total. The molecule has 0 unspecified atom stereocenters. The minimum atomic E-state index is -1.59. The van der Waals surface area contributed by atoms with Crippen LogP contribution < -0.4 is 0 Å². The van der Waals surface area contributed by atoms with E-state index in [2.05, 4.69) is 58.9 Å². The fraction of sp³-hybridized carbons (Fsp3) is 0.750. The van der Waals surface area contributed by atoms with E-state index in [1.54, 1.807) is 0 Å². The molecule has 1 heterocycles. The zero-order chi connectivity index (χ0) is 15.1. The van der Waals surface area contributed by atoms with Crippen molar-refractivity contribution in [1.82, 2.24) is 0 Å². The summed E-state index contributed by atoms with van der Waals surface area (Å²) in [4.78, 5) is 0. The maximum atomic E-state index is 6.40. The molecule has 1 aliphatic rings. The van der Waals surface area contributed by atoms with Crippen LogP contribution in [-0.2, 0) is 8.85 Å². The molecule has 0 amide bonds. The van der Waals surface area contributed by atoms with Crippen LogP contribution in [0.5, 0.6) is 0 Å². The monoisotopic (exact) mass is 349 g/mol. The lowest BCUT2D eigenvalue weighted by Crippen LogP contribution is -2.40. The van der Waals surface area contributed by atoms with E-state index in [0.29, 0.717) is 0 Å². The van der Waals surface area contributed by atoms with Gasteiger partial charge < -0.3 is 8.85 Å². The first-order valence-electron chi connectivity index (χ1n) is 6.71. The molecular weight excluding hydrogens is 322 g/mol. The Kier molecular flexibility index (Phi) is 6.10. The van der Waals surface area contributed by atoms with Crippen LogP contribution in [0.15, 0.2) is 0 Å². The van der Waals surface area contributed by atoms with Gasteiger partial charge in [-0.2, -0.15) is 0 Å². The Balaban J connectivity index is 2.88. The first kappa shape index (κ1) is 18.5. The molecule has 1 fully saturated rings. The van der Waals surface area contributed by atoms with Crippen molar-refractivity contribution in [3.05, 3.63) is 17.2 Å². The molecule has 1 rings (SSSR count). The average molecular weight is 350 g/mol. The molecule has 5 radical (unpaired) electrons. The van der Waals surface area contributed by atoms with E-state index >= 15 is 0 Å². The van der Waals surface area contributed by atoms with Crippen LogP contribution >= 0.6 is 16.5 Å². The van der Waals surface area contributed by atoms with Crippen LogP contribution in [0.1, 0.15) is 0 Å². The zero-order valence-electron chi connectivity index (χ0n) is 13.7. The Labute approximate surface area is 126 Å². The summed E-state index contributed by atoms with van der Waals surface area (Å²) in [6.07, 6.45) is 1.13. The highest BCUT2D eigenvalue weighted by molar-refractivity contribution is 8.16. The lowest BCUT2D eigenvalue weighted by Gasteiger charge is -2.35. The van der Waals surface area contributed by atoms with Gasteiger partial charge in [0.05, 0.1) is 8.07 Å². The molecule has 0 bridgehead atoms. The molecule has 0 atom stereocenters. The van der Waals surface area contributed by atoms with E-state index in [4.69, 9.17) is 8.85 Å². The van der Waals surface area contributed by atoms with Gasteiger partial charge >= 0.3 is 0 Å². The predicted molar refractivity (Wildman–Crippen MR) is 95.8 cm³/mol. The van der Waals surface area contributed by atoms with Gasteiger partial charge in [-0.25, -0.2) is 0 Å².